The van der Waals surface area contributed by atoms with Crippen LogP contribution in [-0.4, -0.2) is 52.9 Å². The van der Waals surface area contributed by atoms with E-state index in [0.717, 1.165) is 55.3 Å². The number of anilines is 2. The van der Waals surface area contributed by atoms with E-state index in [1.165, 1.54) is 12.8 Å². The molecule has 2 aliphatic rings. The molecule has 0 atom stereocenters. The summed E-state index contributed by atoms with van der Waals surface area (Å²) >= 11 is 0. The normalized spacial score (nSPS) is 19.4. The molecule has 10 nitrogen and oxygen atoms in total. The van der Waals surface area contributed by atoms with Crippen LogP contribution in [0, 0.1) is 0 Å². The minimum atomic E-state index is 0. The first kappa shape index (κ1) is 29.9. The second-order valence-electron chi connectivity index (χ2n) is 9.80. The van der Waals surface area contributed by atoms with Crippen LogP contribution in [0.15, 0.2) is 18.5 Å². The Morgan fingerprint density at radius 3 is 2.18 bits per heavy atom. The molecule has 2 aliphatic carbocycles. The molecule has 4 N–H and O–H groups in total. The number of halogens is 2. The molecule has 2 heterocycles. The predicted molar refractivity (Wildman–Crippen MR) is 155 cm³/mol. The first-order valence-corrected chi connectivity index (χ1v) is 12.9. The Balaban J connectivity index is 0.00000200. The van der Waals surface area contributed by atoms with Crippen LogP contribution >= 0.6 is 24.8 Å². The summed E-state index contributed by atoms with van der Waals surface area (Å²) in [7, 11) is 4.84. The van der Waals surface area contributed by atoms with E-state index in [2.05, 4.69) is 15.2 Å². The molecule has 0 spiro atoms. The number of aromatic nitrogens is 4. The molecule has 2 fully saturated rings. The number of benzene rings is 1. The van der Waals surface area contributed by atoms with Crippen LogP contribution in [0.3, 0.4) is 0 Å². The second kappa shape index (κ2) is 13.4. The lowest BCUT2D eigenvalue weighted by Crippen LogP contribution is -2.33. The second-order valence-corrected chi connectivity index (χ2v) is 9.80. The van der Waals surface area contributed by atoms with Crippen molar-refractivity contribution in [2.24, 2.45) is 5.73 Å². The highest BCUT2D eigenvalue weighted by molar-refractivity contribution is 5.86. The quantitative estimate of drug-likeness (QED) is 0.324. The van der Waals surface area contributed by atoms with E-state index < -0.39 is 0 Å². The van der Waals surface area contributed by atoms with E-state index in [-0.39, 0.29) is 24.8 Å². The lowest BCUT2D eigenvalue weighted by molar-refractivity contribution is 0.324. The summed E-state index contributed by atoms with van der Waals surface area (Å²) in [5.74, 6) is 3.15. The van der Waals surface area contributed by atoms with Gasteiger partial charge < -0.3 is 35.1 Å². The topological polar surface area (TPSA) is 121 Å². The predicted octanol–water partition coefficient (Wildman–Crippen LogP) is 5.10. The molecule has 0 unspecified atom stereocenters. The van der Waals surface area contributed by atoms with Crippen molar-refractivity contribution in [2.45, 2.75) is 76.0 Å². The van der Waals surface area contributed by atoms with Crippen LogP contribution in [0.1, 0.15) is 63.0 Å². The summed E-state index contributed by atoms with van der Waals surface area (Å²) in [5, 5.41) is 7.07. The van der Waals surface area contributed by atoms with E-state index in [1.54, 1.807) is 21.3 Å². The molecule has 0 amide bonds. The molecule has 2 saturated carbocycles. The standard InChI is InChI=1S/C26H37N7O3.2ClH/c1-34-20-12-16(13-21(35-2)23(20)36-3)14-28-24-22-25(33(15-29-22)19-6-4-5-7-19)32-26(31-24)30-18-10-8-17(27)9-11-18;;/h12-13,15,17-19H,4-11,14,27H2,1-3H3,(H2,28,30,31,32);2*1H/t17-,18-;;. The third-order valence-electron chi connectivity index (χ3n) is 7.43. The van der Waals surface area contributed by atoms with Crippen molar-refractivity contribution in [3.63, 3.8) is 0 Å². The minimum absolute atomic E-state index is 0. The van der Waals surface area contributed by atoms with Gasteiger partial charge in [-0.05, 0) is 56.2 Å². The van der Waals surface area contributed by atoms with Gasteiger partial charge in [-0.15, -0.1) is 24.8 Å². The number of fused-ring (bicyclic) bond motifs is 1. The van der Waals surface area contributed by atoms with E-state index >= 15 is 0 Å². The average Bonchev–Trinajstić information content (AvgIpc) is 3.58. The van der Waals surface area contributed by atoms with Crippen molar-refractivity contribution in [3.8, 4) is 17.2 Å². The number of rotatable bonds is 9. The molecule has 38 heavy (non-hydrogen) atoms. The van der Waals surface area contributed by atoms with Gasteiger partial charge in [-0.3, -0.25) is 0 Å². The number of nitrogens with zero attached hydrogens (tertiary/aromatic N) is 4. The molecular formula is C26H39Cl2N7O3. The van der Waals surface area contributed by atoms with Crippen molar-refractivity contribution < 1.29 is 14.2 Å². The highest BCUT2D eigenvalue weighted by Crippen LogP contribution is 2.39. The van der Waals surface area contributed by atoms with Gasteiger partial charge in [-0.1, -0.05) is 12.8 Å². The first-order valence-electron chi connectivity index (χ1n) is 12.9. The van der Waals surface area contributed by atoms with Crippen LogP contribution in [0.4, 0.5) is 11.8 Å². The number of hydrogen-bond acceptors (Lipinski definition) is 9. The maximum absolute atomic E-state index is 6.11. The van der Waals surface area contributed by atoms with Crippen LogP contribution < -0.4 is 30.6 Å². The zero-order chi connectivity index (χ0) is 25.1. The van der Waals surface area contributed by atoms with Crippen molar-refractivity contribution in [1.82, 2.24) is 19.5 Å². The van der Waals surface area contributed by atoms with Crippen molar-refractivity contribution >= 4 is 47.7 Å². The Bertz CT molecular complexity index is 1170. The van der Waals surface area contributed by atoms with E-state index in [1.807, 2.05) is 18.5 Å². The van der Waals surface area contributed by atoms with Crippen molar-refractivity contribution in [2.75, 3.05) is 32.0 Å². The summed E-state index contributed by atoms with van der Waals surface area (Å²) < 4.78 is 18.7. The average molecular weight is 569 g/mol. The fourth-order valence-electron chi connectivity index (χ4n) is 5.42. The van der Waals surface area contributed by atoms with E-state index in [9.17, 15) is 0 Å². The Kier molecular flexibility index (Phi) is 10.5. The maximum Gasteiger partial charge on any atom is 0.227 e. The van der Waals surface area contributed by atoms with Gasteiger partial charge in [0, 0.05) is 24.7 Å². The molecule has 0 saturated heterocycles. The van der Waals surface area contributed by atoms with Gasteiger partial charge in [0.15, 0.2) is 28.5 Å². The Labute approximate surface area is 236 Å². The fourth-order valence-corrected chi connectivity index (χ4v) is 5.42. The molecule has 12 heteroatoms. The summed E-state index contributed by atoms with van der Waals surface area (Å²) in [6.07, 6.45) is 10.8. The monoisotopic (exact) mass is 567 g/mol. The highest BCUT2D eigenvalue weighted by Gasteiger charge is 2.24. The number of ether oxygens (including phenoxy) is 3. The Hall–Kier alpha value is -2.69. The molecule has 0 bridgehead atoms. The molecule has 0 radical (unpaired) electrons. The van der Waals surface area contributed by atoms with Gasteiger partial charge >= 0.3 is 0 Å². The van der Waals surface area contributed by atoms with Gasteiger partial charge in [-0.25, -0.2) is 4.98 Å². The molecular weight excluding hydrogens is 529 g/mol. The number of nitrogens with one attached hydrogen (secondary N) is 2. The van der Waals surface area contributed by atoms with Gasteiger partial charge in [-0.2, -0.15) is 9.97 Å². The van der Waals surface area contributed by atoms with Gasteiger partial charge in [0.05, 0.1) is 27.7 Å². The minimum Gasteiger partial charge on any atom is -0.493 e. The third kappa shape index (κ3) is 6.30. The van der Waals surface area contributed by atoms with Crippen LogP contribution in [0.2, 0.25) is 0 Å². The lowest BCUT2D eigenvalue weighted by atomic mass is 9.92. The molecule has 2 aromatic heterocycles. The molecule has 0 aliphatic heterocycles. The molecule has 3 aromatic rings. The van der Waals surface area contributed by atoms with Crippen LogP contribution in [0.5, 0.6) is 17.2 Å². The number of methoxy groups -OCH3 is 3. The highest BCUT2D eigenvalue weighted by atomic mass is 35.5. The van der Waals surface area contributed by atoms with E-state index in [0.29, 0.717) is 53.7 Å². The van der Waals surface area contributed by atoms with Gasteiger partial charge in [0.25, 0.3) is 0 Å². The summed E-state index contributed by atoms with van der Waals surface area (Å²) in [6, 6.07) is 4.94. The smallest absolute Gasteiger partial charge is 0.227 e. The Morgan fingerprint density at radius 2 is 1.58 bits per heavy atom. The zero-order valence-electron chi connectivity index (χ0n) is 22.2. The van der Waals surface area contributed by atoms with Crippen molar-refractivity contribution in [1.29, 1.82) is 0 Å². The van der Waals surface area contributed by atoms with Crippen molar-refractivity contribution in [3.05, 3.63) is 24.0 Å². The fraction of sp³-hybridized carbons (Fsp3) is 0.577. The number of nitrogens with two attached hydrogens (primary N) is 1. The van der Waals surface area contributed by atoms with E-state index in [4.69, 9.17) is 34.9 Å². The molecule has 5 rings (SSSR count). The number of imidazole rings is 1. The van der Waals surface area contributed by atoms with Crippen LogP contribution in [0.25, 0.3) is 11.2 Å². The zero-order valence-corrected chi connectivity index (χ0v) is 23.9. The largest absolute Gasteiger partial charge is 0.493 e. The number of hydrogen-bond donors (Lipinski definition) is 3. The third-order valence-corrected chi connectivity index (χ3v) is 7.43. The molecule has 210 valence electrons. The summed E-state index contributed by atoms with van der Waals surface area (Å²) in [6.45, 7) is 0.511. The Morgan fingerprint density at radius 1 is 0.921 bits per heavy atom. The summed E-state index contributed by atoms with van der Waals surface area (Å²) in [4.78, 5) is 14.5. The maximum atomic E-state index is 6.11. The van der Waals surface area contributed by atoms with Crippen LogP contribution in [-0.2, 0) is 6.54 Å². The SMILES string of the molecule is COc1cc(CNc2nc(N[C@H]3CC[C@H](N)CC3)nc3c2ncn3C2CCCC2)cc(OC)c1OC.Cl.Cl. The first-order chi connectivity index (χ1) is 17.6. The lowest BCUT2D eigenvalue weighted by Gasteiger charge is -2.27. The molecule has 1 aromatic carbocycles. The van der Waals surface area contributed by atoms with Gasteiger partial charge in [0.1, 0.15) is 0 Å². The summed E-state index contributed by atoms with van der Waals surface area (Å²) in [5.41, 5.74) is 8.74. The van der Waals surface area contributed by atoms with Gasteiger partial charge in [0.2, 0.25) is 11.7 Å².